The predicted molar refractivity (Wildman–Crippen MR) is 93.6 cm³/mol. The first-order valence-corrected chi connectivity index (χ1v) is 9.05. The molecule has 1 heterocycles. The third kappa shape index (κ3) is 2.76. The third-order valence-corrected chi connectivity index (χ3v) is 5.33. The van der Waals surface area contributed by atoms with Gasteiger partial charge in [-0.25, -0.2) is 9.97 Å². The second-order valence-electron chi connectivity index (χ2n) is 6.42. The van der Waals surface area contributed by atoms with Crippen molar-refractivity contribution in [1.82, 2.24) is 9.97 Å². The molecule has 120 valence electrons. The predicted octanol–water partition coefficient (Wildman–Crippen LogP) is 3.75. The number of hydrogen-bond donors (Lipinski definition) is 2. The Kier molecular flexibility index (Phi) is 3.85. The summed E-state index contributed by atoms with van der Waals surface area (Å²) >= 11 is 3.56. The van der Waals surface area contributed by atoms with E-state index in [9.17, 15) is 5.11 Å². The van der Waals surface area contributed by atoms with Gasteiger partial charge in [0.2, 0.25) is 0 Å². The number of benzene rings is 1. The monoisotopic (exact) mass is 373 g/mol. The van der Waals surface area contributed by atoms with Crippen LogP contribution in [0, 0.1) is 0 Å². The molecule has 0 bridgehead atoms. The second-order valence-corrected chi connectivity index (χ2v) is 7.17. The van der Waals surface area contributed by atoms with E-state index in [0.29, 0.717) is 12.3 Å². The number of aryl methyl sites for hydroxylation is 1. The van der Waals surface area contributed by atoms with Crippen molar-refractivity contribution in [2.45, 2.75) is 50.7 Å². The largest absolute Gasteiger partial charge is 0.390 e. The van der Waals surface area contributed by atoms with E-state index in [1.807, 2.05) is 12.1 Å². The van der Waals surface area contributed by atoms with Crippen LogP contribution in [0.3, 0.4) is 0 Å². The van der Waals surface area contributed by atoms with Crippen molar-refractivity contribution >= 4 is 21.7 Å². The third-order valence-electron chi connectivity index (χ3n) is 4.75. The van der Waals surface area contributed by atoms with Crippen molar-refractivity contribution in [3.8, 4) is 0 Å². The molecule has 0 radical (unpaired) electrons. The fraction of sp³-hybridized carbons (Fsp3) is 0.444. The lowest BCUT2D eigenvalue weighted by Crippen LogP contribution is -2.23. The first-order valence-electron chi connectivity index (χ1n) is 8.26. The number of nitrogens with one attached hydrogen (secondary N) is 1. The van der Waals surface area contributed by atoms with E-state index in [1.54, 1.807) is 0 Å². The lowest BCUT2D eigenvalue weighted by molar-refractivity contribution is 0.165. The summed E-state index contributed by atoms with van der Waals surface area (Å²) in [6.45, 7) is 2.08. The first-order chi connectivity index (χ1) is 11.2. The Labute approximate surface area is 144 Å². The fourth-order valence-corrected chi connectivity index (χ4v) is 3.96. The van der Waals surface area contributed by atoms with Gasteiger partial charge in [0, 0.05) is 12.3 Å². The first kappa shape index (κ1) is 15.1. The number of hydrogen-bond acceptors (Lipinski definition) is 4. The summed E-state index contributed by atoms with van der Waals surface area (Å²) in [6.07, 6.45) is 3.45. The van der Waals surface area contributed by atoms with Gasteiger partial charge in [0.05, 0.1) is 23.5 Å². The maximum Gasteiger partial charge on any atom is 0.148 e. The Morgan fingerprint density at radius 1 is 1.26 bits per heavy atom. The van der Waals surface area contributed by atoms with Crippen LogP contribution in [0.4, 0.5) is 5.82 Å². The van der Waals surface area contributed by atoms with Gasteiger partial charge in [-0.05, 0) is 46.3 Å². The normalized spacial score (nSPS) is 22.9. The van der Waals surface area contributed by atoms with Crippen LogP contribution < -0.4 is 5.32 Å². The molecule has 1 saturated carbocycles. The zero-order valence-corrected chi connectivity index (χ0v) is 14.7. The molecule has 4 nitrogen and oxygen atoms in total. The fourth-order valence-electron chi connectivity index (χ4n) is 3.33. The Balaban J connectivity index is 1.69. The van der Waals surface area contributed by atoms with Gasteiger partial charge in [-0.2, -0.15) is 0 Å². The minimum Gasteiger partial charge on any atom is -0.390 e. The maximum absolute atomic E-state index is 10.5. The van der Waals surface area contributed by atoms with Crippen LogP contribution in [-0.4, -0.2) is 21.2 Å². The van der Waals surface area contributed by atoms with E-state index in [2.05, 4.69) is 45.3 Å². The van der Waals surface area contributed by atoms with Crippen molar-refractivity contribution in [2.24, 2.45) is 0 Å². The Hall–Kier alpha value is -1.46. The highest BCUT2D eigenvalue weighted by molar-refractivity contribution is 9.10. The summed E-state index contributed by atoms with van der Waals surface area (Å²) in [4.78, 5) is 9.53. The van der Waals surface area contributed by atoms with E-state index in [1.165, 1.54) is 24.0 Å². The van der Waals surface area contributed by atoms with E-state index in [0.717, 1.165) is 28.2 Å². The number of fused-ring (bicyclic) bond motifs is 1. The number of nitrogens with zero attached hydrogens (tertiary/aromatic N) is 2. The second kappa shape index (κ2) is 5.87. The summed E-state index contributed by atoms with van der Waals surface area (Å²) in [5.74, 6) is 1.35. The summed E-state index contributed by atoms with van der Waals surface area (Å²) in [5, 5.41) is 13.9. The van der Waals surface area contributed by atoms with Crippen molar-refractivity contribution in [2.75, 3.05) is 5.32 Å². The molecule has 0 amide bonds. The van der Waals surface area contributed by atoms with Gasteiger partial charge in [0.25, 0.3) is 0 Å². The highest BCUT2D eigenvalue weighted by Crippen LogP contribution is 2.43. The Morgan fingerprint density at radius 2 is 2.04 bits per heavy atom. The van der Waals surface area contributed by atoms with Crippen LogP contribution in [-0.2, 0) is 12.8 Å². The average molecular weight is 374 g/mol. The number of anilines is 1. The average Bonchev–Trinajstić information content (AvgIpc) is 3.34. The number of rotatable bonds is 4. The molecule has 2 aliphatic carbocycles. The number of aromatic nitrogens is 2. The maximum atomic E-state index is 10.5. The summed E-state index contributed by atoms with van der Waals surface area (Å²) < 4.78 is 0.870. The van der Waals surface area contributed by atoms with Crippen molar-refractivity contribution in [1.29, 1.82) is 0 Å². The van der Waals surface area contributed by atoms with Crippen LogP contribution in [0.25, 0.3) is 0 Å². The van der Waals surface area contributed by atoms with Crippen molar-refractivity contribution in [3.05, 3.63) is 51.4 Å². The molecule has 0 saturated heterocycles. The van der Waals surface area contributed by atoms with Crippen LogP contribution in [0.15, 0.2) is 28.9 Å². The molecular weight excluding hydrogens is 354 g/mol. The zero-order valence-electron chi connectivity index (χ0n) is 13.1. The molecule has 1 aromatic carbocycles. The SMILES string of the molecule is CCc1nc(Br)c(C2CC2)nc1NC1c2ccccc2C[C@@H]1O. The Bertz CT molecular complexity index is 745. The quantitative estimate of drug-likeness (QED) is 0.856. The van der Waals surface area contributed by atoms with Crippen LogP contribution in [0.1, 0.15) is 54.2 Å². The van der Waals surface area contributed by atoms with Gasteiger partial charge >= 0.3 is 0 Å². The smallest absolute Gasteiger partial charge is 0.148 e. The summed E-state index contributed by atoms with van der Waals surface area (Å²) in [7, 11) is 0. The minimum absolute atomic E-state index is 0.112. The van der Waals surface area contributed by atoms with Gasteiger partial charge in [-0.3, -0.25) is 0 Å². The number of aliphatic hydroxyl groups is 1. The van der Waals surface area contributed by atoms with Gasteiger partial charge in [0.1, 0.15) is 10.4 Å². The molecule has 1 fully saturated rings. The highest BCUT2D eigenvalue weighted by Gasteiger charge is 2.33. The van der Waals surface area contributed by atoms with Gasteiger partial charge in [0.15, 0.2) is 0 Å². The van der Waals surface area contributed by atoms with Crippen LogP contribution in [0.2, 0.25) is 0 Å². The molecule has 23 heavy (non-hydrogen) atoms. The summed E-state index contributed by atoms with van der Waals surface area (Å²) in [5.41, 5.74) is 4.37. The molecule has 4 rings (SSSR count). The van der Waals surface area contributed by atoms with Gasteiger partial charge in [-0.15, -0.1) is 0 Å². The molecule has 0 aliphatic heterocycles. The summed E-state index contributed by atoms with van der Waals surface area (Å²) in [6, 6.07) is 8.11. The van der Waals surface area contributed by atoms with Gasteiger partial charge < -0.3 is 10.4 Å². The standard InChI is InChI=1S/C18H20BrN3O/c1-2-13-18(21-15(10-7-8-10)17(19)20-13)22-16-12-6-4-3-5-11(12)9-14(16)23/h3-6,10,14,16,23H,2,7-9H2,1H3,(H,21,22)/t14-,16?/m0/s1. The molecule has 1 aromatic heterocycles. The van der Waals surface area contributed by atoms with Crippen molar-refractivity contribution in [3.63, 3.8) is 0 Å². The topological polar surface area (TPSA) is 58.0 Å². The Morgan fingerprint density at radius 3 is 2.78 bits per heavy atom. The van der Waals surface area contributed by atoms with Crippen LogP contribution >= 0.6 is 15.9 Å². The van der Waals surface area contributed by atoms with E-state index < -0.39 is 6.10 Å². The van der Waals surface area contributed by atoms with Crippen LogP contribution in [0.5, 0.6) is 0 Å². The van der Waals surface area contributed by atoms with Crippen molar-refractivity contribution < 1.29 is 5.11 Å². The number of aliphatic hydroxyl groups excluding tert-OH is 1. The molecule has 5 heteroatoms. The van der Waals surface area contributed by atoms with E-state index in [4.69, 9.17) is 4.98 Å². The molecular formula is C18H20BrN3O. The molecule has 1 unspecified atom stereocenters. The molecule has 2 N–H and O–H groups in total. The van der Waals surface area contributed by atoms with E-state index >= 15 is 0 Å². The number of halogens is 1. The molecule has 2 atom stereocenters. The lowest BCUT2D eigenvalue weighted by atomic mass is 10.1. The minimum atomic E-state index is -0.424. The molecule has 2 aromatic rings. The van der Waals surface area contributed by atoms with E-state index in [-0.39, 0.29) is 6.04 Å². The lowest BCUT2D eigenvalue weighted by Gasteiger charge is -2.21. The zero-order chi connectivity index (χ0) is 16.0. The highest BCUT2D eigenvalue weighted by atomic mass is 79.9. The molecule has 2 aliphatic rings. The molecule has 0 spiro atoms. The van der Waals surface area contributed by atoms with Gasteiger partial charge in [-0.1, -0.05) is 31.2 Å².